The molecule has 5 nitrogen and oxygen atoms in total. The highest BCUT2D eigenvalue weighted by molar-refractivity contribution is 6.35. The Morgan fingerprint density at radius 3 is 2.75 bits per heavy atom. The van der Waals surface area contributed by atoms with Crippen molar-refractivity contribution in [3.63, 3.8) is 0 Å². The maximum atomic E-state index is 14.6. The largest absolute Gasteiger partial charge is 0.440 e. The molecule has 0 spiro atoms. The van der Waals surface area contributed by atoms with E-state index in [0.717, 1.165) is 11.2 Å². The molecule has 0 radical (unpaired) electrons. The average Bonchev–Trinajstić information content (AvgIpc) is 3.03. The summed E-state index contributed by atoms with van der Waals surface area (Å²) in [6.45, 7) is -1.31. The summed E-state index contributed by atoms with van der Waals surface area (Å²) in [6.07, 6.45) is 1.79. The second-order valence-corrected chi connectivity index (χ2v) is 5.90. The lowest BCUT2D eigenvalue weighted by molar-refractivity contribution is -0.351. The van der Waals surface area contributed by atoms with Gasteiger partial charge in [0, 0.05) is 19.7 Å². The molecule has 0 saturated carbocycles. The minimum atomic E-state index is -3.11. The molecule has 0 fully saturated rings. The summed E-state index contributed by atoms with van der Waals surface area (Å²) in [5, 5.41) is 2.10. The number of fused-ring (bicyclic) bond motifs is 1. The van der Waals surface area contributed by atoms with Crippen LogP contribution in [0.4, 0.5) is 13.2 Å². The Kier molecular flexibility index (Phi) is 4.65. The number of hydrogen-bond acceptors (Lipinski definition) is 5. The van der Waals surface area contributed by atoms with Gasteiger partial charge in [0.15, 0.2) is 11.5 Å². The van der Waals surface area contributed by atoms with Gasteiger partial charge >= 0.3 is 6.61 Å². The molecule has 1 aromatic carbocycles. The Morgan fingerprint density at radius 1 is 1.42 bits per heavy atom. The number of alkyl halides is 2. The first-order valence-electron chi connectivity index (χ1n) is 6.94. The first kappa shape index (κ1) is 17.3. The number of oxazole rings is 1. The van der Waals surface area contributed by atoms with Gasteiger partial charge in [0.25, 0.3) is 0 Å². The molecule has 1 atom stereocenters. The van der Waals surface area contributed by atoms with Crippen LogP contribution in [-0.4, -0.2) is 28.8 Å². The number of hydroxylamine groups is 1. The van der Waals surface area contributed by atoms with Crippen LogP contribution in [0.15, 0.2) is 21.7 Å². The number of nitrogens with zero attached hydrogens (tertiary/aromatic N) is 3. The van der Waals surface area contributed by atoms with E-state index in [1.54, 1.807) is 6.92 Å². The van der Waals surface area contributed by atoms with Gasteiger partial charge in [-0.1, -0.05) is 35.3 Å². The fourth-order valence-electron chi connectivity index (χ4n) is 2.54. The fourth-order valence-corrected chi connectivity index (χ4v) is 3.10. The predicted octanol–water partition coefficient (Wildman–Crippen LogP) is 4.62. The Hall–Kier alpha value is -1.48. The van der Waals surface area contributed by atoms with Gasteiger partial charge in [-0.2, -0.15) is 8.78 Å². The zero-order valence-electron chi connectivity index (χ0n) is 12.6. The van der Waals surface area contributed by atoms with Gasteiger partial charge in [0.05, 0.1) is 15.6 Å². The molecule has 0 aliphatic carbocycles. The van der Waals surface area contributed by atoms with E-state index < -0.39 is 18.5 Å². The third-order valence-corrected chi connectivity index (χ3v) is 4.11. The Balaban J connectivity index is 2.20. The van der Waals surface area contributed by atoms with E-state index >= 15 is 0 Å². The zero-order valence-corrected chi connectivity index (χ0v) is 14.1. The van der Waals surface area contributed by atoms with Gasteiger partial charge in [-0.25, -0.2) is 14.2 Å². The summed E-state index contributed by atoms with van der Waals surface area (Å²) in [4.78, 5) is 8.64. The Bertz CT molecular complexity index is 812. The third-order valence-electron chi connectivity index (χ3n) is 3.52. The summed E-state index contributed by atoms with van der Waals surface area (Å²) < 4.78 is 45.6. The molecule has 2 aromatic rings. The van der Waals surface area contributed by atoms with E-state index in [-0.39, 0.29) is 26.7 Å². The van der Waals surface area contributed by atoms with Crippen molar-refractivity contribution in [1.82, 2.24) is 15.2 Å². The molecule has 0 N–H and O–H groups in total. The molecule has 0 saturated heterocycles. The monoisotopic (exact) mass is 381 g/mol. The number of benzene rings is 1. The summed E-state index contributed by atoms with van der Waals surface area (Å²) in [5.74, 6) is -0.424. The van der Waals surface area contributed by atoms with Crippen LogP contribution < -0.4 is 0 Å². The average molecular weight is 382 g/mol. The second-order valence-electron chi connectivity index (χ2n) is 5.05. The lowest BCUT2D eigenvalue weighted by Gasteiger charge is -2.29. The summed E-state index contributed by atoms with van der Waals surface area (Å²) in [6, 6.07) is -0.104. The summed E-state index contributed by atoms with van der Waals surface area (Å²) in [7, 11) is 1.44. The van der Waals surface area contributed by atoms with Gasteiger partial charge in [-0.15, -0.1) is 0 Å². The molecular weight excluding hydrogens is 370 g/mol. The van der Waals surface area contributed by atoms with Gasteiger partial charge in [-0.3, -0.25) is 5.01 Å². The van der Waals surface area contributed by atoms with Crippen LogP contribution >= 0.6 is 23.2 Å². The maximum absolute atomic E-state index is 14.6. The first-order valence-corrected chi connectivity index (χ1v) is 7.70. The van der Waals surface area contributed by atoms with Gasteiger partial charge < -0.3 is 4.42 Å². The van der Waals surface area contributed by atoms with Gasteiger partial charge in [0.2, 0.25) is 0 Å². The molecule has 10 heteroatoms. The molecule has 2 heterocycles. The normalized spacial score (nSPS) is 18.9. The Labute approximate surface area is 145 Å². The lowest BCUT2D eigenvalue weighted by Crippen LogP contribution is -2.36. The Morgan fingerprint density at radius 2 is 2.12 bits per heavy atom. The minimum Gasteiger partial charge on any atom is -0.440 e. The van der Waals surface area contributed by atoms with Crippen molar-refractivity contribution < 1.29 is 22.4 Å². The lowest BCUT2D eigenvalue weighted by atomic mass is 10.1. The molecule has 1 aliphatic rings. The molecule has 24 heavy (non-hydrogen) atoms. The number of rotatable bonds is 4. The highest BCUT2D eigenvalue weighted by Crippen LogP contribution is 2.43. The van der Waals surface area contributed by atoms with Gasteiger partial charge in [-0.05, 0) is 6.07 Å². The number of aryl methyl sites for hydroxylation is 1. The molecule has 0 amide bonds. The topological polar surface area (TPSA) is 41.7 Å². The van der Waals surface area contributed by atoms with Crippen LogP contribution in [0, 0.1) is 5.82 Å². The van der Waals surface area contributed by atoms with Crippen LogP contribution in [0.25, 0.3) is 11.1 Å². The molecule has 1 unspecified atom stereocenters. The molecular formula is C14H12Cl2F3N3O2. The SMILES string of the molecule is CCc1nc2c(Cl)cc(F)c(C3C(Cl)=CN(C)N3OC(F)F)c2o1. The molecule has 1 aromatic heterocycles. The molecule has 0 bridgehead atoms. The van der Waals surface area contributed by atoms with Crippen molar-refractivity contribution in [3.8, 4) is 0 Å². The summed E-state index contributed by atoms with van der Waals surface area (Å²) in [5.41, 5.74) is 0.209. The number of hydrazine groups is 1. The van der Waals surface area contributed by atoms with E-state index in [2.05, 4.69) is 9.82 Å². The number of halogens is 5. The molecule has 130 valence electrons. The zero-order chi connectivity index (χ0) is 17.6. The van der Waals surface area contributed by atoms with Crippen molar-refractivity contribution in [3.05, 3.63) is 39.6 Å². The highest BCUT2D eigenvalue weighted by Gasteiger charge is 2.39. The predicted molar refractivity (Wildman–Crippen MR) is 81.7 cm³/mol. The minimum absolute atomic E-state index is 0.0477. The van der Waals surface area contributed by atoms with Crippen molar-refractivity contribution >= 4 is 34.3 Å². The molecule has 1 aliphatic heterocycles. The van der Waals surface area contributed by atoms with E-state index in [0.29, 0.717) is 12.3 Å². The van der Waals surface area contributed by atoms with Crippen LogP contribution in [-0.2, 0) is 11.3 Å². The van der Waals surface area contributed by atoms with Crippen LogP contribution in [0.3, 0.4) is 0 Å². The first-order chi connectivity index (χ1) is 11.3. The quantitative estimate of drug-likeness (QED) is 0.772. The highest BCUT2D eigenvalue weighted by atomic mass is 35.5. The van der Waals surface area contributed by atoms with Crippen LogP contribution in [0.5, 0.6) is 0 Å². The van der Waals surface area contributed by atoms with Gasteiger partial charge in [0.1, 0.15) is 17.4 Å². The van der Waals surface area contributed by atoms with Crippen molar-refractivity contribution in [1.29, 1.82) is 0 Å². The van der Waals surface area contributed by atoms with Crippen LogP contribution in [0.1, 0.15) is 24.4 Å². The van der Waals surface area contributed by atoms with E-state index in [1.807, 2.05) is 0 Å². The van der Waals surface area contributed by atoms with Crippen LogP contribution in [0.2, 0.25) is 5.02 Å². The van der Waals surface area contributed by atoms with E-state index in [9.17, 15) is 13.2 Å². The standard InChI is InChI=1S/C14H12Cl2F3N3O2/c1-3-9-20-11-6(15)4-8(17)10(13(11)23-9)12-7(16)5-21(2)22(12)24-14(18)19/h4-5,12,14H,3H2,1-2H3. The third kappa shape index (κ3) is 2.83. The van der Waals surface area contributed by atoms with Crippen molar-refractivity contribution in [2.75, 3.05) is 7.05 Å². The maximum Gasteiger partial charge on any atom is 0.362 e. The number of hydrogen-bond donors (Lipinski definition) is 0. The van der Waals surface area contributed by atoms with Crippen molar-refractivity contribution in [2.45, 2.75) is 26.0 Å². The number of aromatic nitrogens is 1. The summed E-state index contributed by atoms with van der Waals surface area (Å²) >= 11 is 12.1. The van der Waals surface area contributed by atoms with E-state index in [1.165, 1.54) is 18.3 Å². The second kappa shape index (κ2) is 6.44. The van der Waals surface area contributed by atoms with E-state index in [4.69, 9.17) is 27.6 Å². The fraction of sp³-hybridized carbons (Fsp3) is 0.357. The molecule has 3 rings (SSSR count). The smallest absolute Gasteiger partial charge is 0.362 e. The van der Waals surface area contributed by atoms with Crippen molar-refractivity contribution in [2.24, 2.45) is 0 Å².